The Bertz CT molecular complexity index is 831. The number of phenols is 1. The van der Waals surface area contributed by atoms with Crippen molar-refractivity contribution in [2.45, 2.75) is 19.3 Å². The molecule has 0 unspecified atom stereocenters. The first-order chi connectivity index (χ1) is 12.9. The third-order valence-electron chi connectivity index (χ3n) is 4.82. The minimum absolute atomic E-state index is 0.151. The lowest BCUT2D eigenvalue weighted by Crippen LogP contribution is -2.44. The van der Waals surface area contributed by atoms with Gasteiger partial charge in [-0.2, -0.15) is 0 Å². The molecule has 1 fully saturated rings. The first-order valence-electron chi connectivity index (χ1n) is 8.85. The summed E-state index contributed by atoms with van der Waals surface area (Å²) in [6.07, 6.45) is 2.41. The number of aromatic hydroxyl groups is 1. The number of amides is 2. The van der Waals surface area contributed by atoms with Gasteiger partial charge in [0.15, 0.2) is 0 Å². The monoisotopic (exact) mass is 371 g/mol. The van der Waals surface area contributed by atoms with Crippen molar-refractivity contribution in [3.05, 3.63) is 53.8 Å². The molecule has 0 spiro atoms. The summed E-state index contributed by atoms with van der Waals surface area (Å²) in [7, 11) is 0. The van der Waals surface area contributed by atoms with Gasteiger partial charge in [0.25, 0.3) is 0 Å². The fourth-order valence-corrected chi connectivity index (χ4v) is 3.24. The maximum atomic E-state index is 13.0. The predicted molar refractivity (Wildman–Crippen MR) is 101 cm³/mol. The van der Waals surface area contributed by atoms with Crippen molar-refractivity contribution in [2.75, 3.05) is 24.1 Å². The van der Waals surface area contributed by atoms with E-state index in [9.17, 15) is 19.1 Å². The number of benzene rings is 2. The van der Waals surface area contributed by atoms with Crippen molar-refractivity contribution in [3.8, 4) is 5.75 Å². The lowest BCUT2D eigenvalue weighted by molar-refractivity contribution is -0.144. The topological polar surface area (TPSA) is 95.7 Å². The number of rotatable bonds is 3. The van der Waals surface area contributed by atoms with Gasteiger partial charge in [0, 0.05) is 24.8 Å². The largest absolute Gasteiger partial charge is 0.506 e. The number of phenolic OH excluding ortho intramolecular Hbond substituents is 1. The second-order valence-corrected chi connectivity index (χ2v) is 6.79. The van der Waals surface area contributed by atoms with E-state index in [1.165, 1.54) is 35.2 Å². The van der Waals surface area contributed by atoms with Gasteiger partial charge >= 0.3 is 11.8 Å². The molecule has 2 aromatic rings. The molecule has 4 N–H and O–H groups in total. The zero-order valence-corrected chi connectivity index (χ0v) is 14.8. The molecule has 1 heterocycles. The highest BCUT2D eigenvalue weighted by atomic mass is 19.1. The van der Waals surface area contributed by atoms with Crippen LogP contribution in [-0.4, -0.2) is 34.9 Å². The Morgan fingerprint density at radius 2 is 1.81 bits per heavy atom. The van der Waals surface area contributed by atoms with E-state index in [0.29, 0.717) is 24.7 Å². The van der Waals surface area contributed by atoms with E-state index in [-0.39, 0.29) is 17.3 Å². The average Bonchev–Trinajstić information content (AvgIpc) is 2.66. The molecule has 0 atom stereocenters. The lowest BCUT2D eigenvalue weighted by Gasteiger charge is -2.31. The van der Waals surface area contributed by atoms with Gasteiger partial charge in [0.2, 0.25) is 0 Å². The van der Waals surface area contributed by atoms with Crippen molar-refractivity contribution < 1.29 is 19.1 Å². The maximum absolute atomic E-state index is 13.0. The number of hydrogen-bond donors (Lipinski definition) is 3. The summed E-state index contributed by atoms with van der Waals surface area (Å²) >= 11 is 0. The van der Waals surface area contributed by atoms with Crippen molar-refractivity contribution in [1.29, 1.82) is 0 Å². The van der Waals surface area contributed by atoms with Crippen LogP contribution in [0.3, 0.4) is 0 Å². The molecule has 142 valence electrons. The van der Waals surface area contributed by atoms with Crippen LogP contribution in [0.1, 0.15) is 18.4 Å². The van der Waals surface area contributed by atoms with Crippen molar-refractivity contribution in [1.82, 2.24) is 4.90 Å². The number of nitrogens with two attached hydrogens (primary N) is 1. The number of carbonyl (C=O) groups is 2. The average molecular weight is 371 g/mol. The van der Waals surface area contributed by atoms with Gasteiger partial charge in [0.1, 0.15) is 11.6 Å². The number of nitrogen functional groups attached to an aromatic ring is 1. The van der Waals surface area contributed by atoms with Crippen LogP contribution in [0.2, 0.25) is 0 Å². The van der Waals surface area contributed by atoms with Crippen LogP contribution in [0, 0.1) is 11.7 Å². The highest BCUT2D eigenvalue weighted by Crippen LogP contribution is 2.24. The van der Waals surface area contributed by atoms with Gasteiger partial charge < -0.3 is 21.1 Å². The third-order valence-corrected chi connectivity index (χ3v) is 4.82. The molecule has 0 bridgehead atoms. The fraction of sp³-hybridized carbons (Fsp3) is 0.300. The summed E-state index contributed by atoms with van der Waals surface area (Å²) in [5, 5.41) is 12.1. The Morgan fingerprint density at radius 3 is 2.44 bits per heavy atom. The molecule has 0 radical (unpaired) electrons. The highest BCUT2D eigenvalue weighted by molar-refractivity contribution is 6.39. The predicted octanol–water partition coefficient (Wildman–Crippen LogP) is 2.53. The zero-order valence-electron chi connectivity index (χ0n) is 14.8. The summed E-state index contributed by atoms with van der Waals surface area (Å²) in [4.78, 5) is 26.0. The van der Waals surface area contributed by atoms with Crippen molar-refractivity contribution in [2.24, 2.45) is 5.92 Å². The second kappa shape index (κ2) is 8.07. The number of carbonyl (C=O) groups excluding carboxylic acids is 2. The molecule has 0 aromatic heterocycles. The van der Waals surface area contributed by atoms with E-state index in [4.69, 9.17) is 5.73 Å². The van der Waals surface area contributed by atoms with E-state index in [1.54, 1.807) is 12.1 Å². The molecule has 7 heteroatoms. The van der Waals surface area contributed by atoms with E-state index in [1.807, 2.05) is 0 Å². The number of nitrogens with one attached hydrogen (secondary N) is 1. The van der Waals surface area contributed by atoms with Crippen LogP contribution in [0.5, 0.6) is 5.75 Å². The first kappa shape index (κ1) is 18.7. The number of anilines is 2. The Kier molecular flexibility index (Phi) is 5.59. The molecule has 6 nitrogen and oxygen atoms in total. The van der Waals surface area contributed by atoms with Crippen LogP contribution in [0.4, 0.5) is 15.8 Å². The van der Waals surface area contributed by atoms with Gasteiger partial charge in [-0.15, -0.1) is 0 Å². The first-order valence-corrected chi connectivity index (χ1v) is 8.85. The van der Waals surface area contributed by atoms with Crippen LogP contribution < -0.4 is 11.1 Å². The molecule has 1 saturated heterocycles. The van der Waals surface area contributed by atoms with Gasteiger partial charge in [0.05, 0.1) is 5.69 Å². The molecular weight excluding hydrogens is 349 g/mol. The molecule has 1 aliphatic rings. The minimum Gasteiger partial charge on any atom is -0.506 e. The SMILES string of the molecule is Nc1ccc(NC(=O)C(=O)N2CCC(Cc3ccc(F)cc3)CC2)cc1O. The van der Waals surface area contributed by atoms with Gasteiger partial charge in [-0.25, -0.2) is 4.39 Å². The summed E-state index contributed by atoms with van der Waals surface area (Å²) < 4.78 is 13.0. The molecule has 27 heavy (non-hydrogen) atoms. The van der Waals surface area contributed by atoms with E-state index in [2.05, 4.69) is 5.32 Å². The Hall–Kier alpha value is -3.09. The van der Waals surface area contributed by atoms with E-state index in [0.717, 1.165) is 24.8 Å². The smallest absolute Gasteiger partial charge is 0.313 e. The second-order valence-electron chi connectivity index (χ2n) is 6.79. The standard InChI is InChI=1S/C20H22FN3O3/c21-15-3-1-13(2-4-15)11-14-7-9-24(10-8-14)20(27)19(26)23-16-5-6-17(22)18(25)12-16/h1-6,12,14,25H,7-11,22H2,(H,23,26). The van der Waals surface area contributed by atoms with Crippen LogP contribution in [-0.2, 0) is 16.0 Å². The summed E-state index contributed by atoms with van der Waals surface area (Å²) in [6, 6.07) is 10.7. The van der Waals surface area contributed by atoms with Crippen LogP contribution >= 0.6 is 0 Å². The van der Waals surface area contributed by atoms with Gasteiger partial charge in [-0.3, -0.25) is 9.59 Å². The highest BCUT2D eigenvalue weighted by Gasteiger charge is 2.27. The molecule has 1 aliphatic heterocycles. The molecule has 2 amide bonds. The van der Waals surface area contributed by atoms with Crippen molar-refractivity contribution >= 4 is 23.2 Å². The quantitative estimate of drug-likeness (QED) is 0.439. The molecule has 3 rings (SSSR count). The van der Waals surface area contributed by atoms with Crippen LogP contribution in [0.15, 0.2) is 42.5 Å². The van der Waals surface area contributed by atoms with Gasteiger partial charge in [-0.1, -0.05) is 12.1 Å². The molecule has 0 saturated carbocycles. The number of nitrogens with zero attached hydrogens (tertiary/aromatic N) is 1. The summed E-state index contributed by atoms with van der Waals surface area (Å²) in [5.74, 6) is -1.33. The lowest BCUT2D eigenvalue weighted by atomic mass is 9.90. The molecule has 0 aliphatic carbocycles. The summed E-state index contributed by atoms with van der Waals surface area (Å²) in [6.45, 7) is 1.01. The Labute approximate surface area is 156 Å². The summed E-state index contributed by atoms with van der Waals surface area (Å²) in [5.41, 5.74) is 7.09. The Morgan fingerprint density at radius 1 is 1.15 bits per heavy atom. The molecular formula is C20H22FN3O3. The zero-order chi connectivity index (χ0) is 19.4. The molecule has 2 aromatic carbocycles. The van der Waals surface area contributed by atoms with E-state index < -0.39 is 11.8 Å². The Balaban J connectivity index is 1.50. The van der Waals surface area contributed by atoms with E-state index >= 15 is 0 Å². The van der Waals surface area contributed by atoms with Crippen molar-refractivity contribution in [3.63, 3.8) is 0 Å². The number of piperidine rings is 1. The minimum atomic E-state index is -0.740. The normalized spacial score (nSPS) is 14.8. The number of halogens is 1. The van der Waals surface area contributed by atoms with Gasteiger partial charge in [-0.05, 0) is 55.0 Å². The fourth-order valence-electron chi connectivity index (χ4n) is 3.24. The van der Waals surface area contributed by atoms with Crippen LogP contribution in [0.25, 0.3) is 0 Å². The maximum Gasteiger partial charge on any atom is 0.313 e. The third kappa shape index (κ3) is 4.75. The number of likely N-dealkylation sites (tertiary alicyclic amines) is 1. The number of hydrogen-bond acceptors (Lipinski definition) is 4.